The van der Waals surface area contributed by atoms with E-state index in [1.165, 1.54) is 0 Å². The normalized spacial score (nSPS) is 14.8. The van der Waals surface area contributed by atoms with Gasteiger partial charge in [0.25, 0.3) is 5.91 Å². The van der Waals surface area contributed by atoms with Crippen LogP contribution >= 0.6 is 0 Å². The van der Waals surface area contributed by atoms with Gasteiger partial charge in [-0.25, -0.2) is 4.79 Å². The zero-order valence-electron chi connectivity index (χ0n) is 17.5. The van der Waals surface area contributed by atoms with E-state index in [1.54, 1.807) is 4.90 Å². The molecule has 0 radical (unpaired) electrons. The Labute approximate surface area is 171 Å². The summed E-state index contributed by atoms with van der Waals surface area (Å²) in [5.74, 6) is 0.301. The van der Waals surface area contributed by atoms with Crippen LogP contribution in [0.1, 0.15) is 31.4 Å². The summed E-state index contributed by atoms with van der Waals surface area (Å²) in [6.07, 6.45) is 0.547. The zero-order chi connectivity index (χ0) is 21.0. The molecule has 1 heterocycles. The lowest BCUT2D eigenvalue weighted by Crippen LogP contribution is -2.54. The van der Waals surface area contributed by atoms with Gasteiger partial charge >= 0.3 is 5.97 Å². The van der Waals surface area contributed by atoms with Crippen molar-refractivity contribution >= 4 is 23.3 Å². The fourth-order valence-corrected chi connectivity index (χ4v) is 3.48. The van der Waals surface area contributed by atoms with E-state index in [4.69, 9.17) is 9.47 Å². The Bertz CT molecular complexity index is 887. The van der Waals surface area contributed by atoms with E-state index < -0.39 is 11.5 Å². The summed E-state index contributed by atoms with van der Waals surface area (Å²) in [6.45, 7) is 8.19. The molecule has 0 unspecified atom stereocenters. The minimum Gasteiger partial charge on any atom is -0.481 e. The number of benzene rings is 2. The highest BCUT2D eigenvalue weighted by atomic mass is 16.6. The predicted molar refractivity (Wildman–Crippen MR) is 113 cm³/mol. The number of para-hydroxylation sites is 3. The molecule has 0 saturated carbocycles. The van der Waals surface area contributed by atoms with Crippen molar-refractivity contribution in [2.75, 3.05) is 30.0 Å². The van der Waals surface area contributed by atoms with Crippen LogP contribution in [0.3, 0.4) is 0 Å². The molecule has 1 N–H and O–H groups in total. The van der Waals surface area contributed by atoms with Crippen LogP contribution in [0.5, 0.6) is 5.75 Å². The van der Waals surface area contributed by atoms with Crippen LogP contribution in [0, 0.1) is 13.8 Å². The smallest absolute Gasteiger partial charge is 0.344 e. The van der Waals surface area contributed by atoms with Crippen molar-refractivity contribution in [3.63, 3.8) is 0 Å². The summed E-state index contributed by atoms with van der Waals surface area (Å²) >= 11 is 0. The number of anilines is 2. The van der Waals surface area contributed by atoms with E-state index in [1.807, 2.05) is 70.2 Å². The maximum atomic E-state index is 12.8. The average Bonchev–Trinajstić information content (AvgIpc) is 2.67. The van der Waals surface area contributed by atoms with Crippen molar-refractivity contribution in [3.05, 3.63) is 53.6 Å². The fraction of sp³-hybridized carbons (Fsp3) is 0.391. The highest BCUT2D eigenvalue weighted by Gasteiger charge is 2.38. The van der Waals surface area contributed by atoms with Crippen LogP contribution in [0.15, 0.2) is 42.5 Å². The van der Waals surface area contributed by atoms with Gasteiger partial charge in [0.1, 0.15) is 11.3 Å². The van der Waals surface area contributed by atoms with Crippen LogP contribution in [0.4, 0.5) is 11.4 Å². The lowest BCUT2D eigenvalue weighted by molar-refractivity contribution is -0.146. The molecule has 3 rings (SSSR count). The highest BCUT2D eigenvalue weighted by molar-refractivity contribution is 6.07. The largest absolute Gasteiger partial charge is 0.481 e. The summed E-state index contributed by atoms with van der Waals surface area (Å²) in [6, 6.07) is 13.6. The number of hydrogen-bond acceptors (Lipinski definition) is 5. The zero-order valence-corrected chi connectivity index (χ0v) is 17.5. The van der Waals surface area contributed by atoms with Gasteiger partial charge in [-0.15, -0.1) is 0 Å². The van der Waals surface area contributed by atoms with Crippen LogP contribution < -0.4 is 15.0 Å². The van der Waals surface area contributed by atoms with E-state index >= 15 is 0 Å². The first-order valence-electron chi connectivity index (χ1n) is 9.83. The van der Waals surface area contributed by atoms with Gasteiger partial charge in [0.2, 0.25) is 0 Å². The molecular weight excluding hydrogens is 368 g/mol. The van der Waals surface area contributed by atoms with Crippen LogP contribution in [-0.4, -0.2) is 37.2 Å². The minimum absolute atomic E-state index is 0.000822. The summed E-state index contributed by atoms with van der Waals surface area (Å²) < 4.78 is 10.9. The summed E-state index contributed by atoms with van der Waals surface area (Å²) in [5.41, 5.74) is 3.06. The third-order valence-electron chi connectivity index (χ3n) is 4.95. The molecule has 6 heteroatoms. The summed E-state index contributed by atoms with van der Waals surface area (Å²) in [4.78, 5) is 26.6. The maximum absolute atomic E-state index is 12.8. The molecule has 0 atom stereocenters. The quantitative estimate of drug-likeness (QED) is 0.569. The molecule has 2 aromatic rings. The third kappa shape index (κ3) is 4.70. The van der Waals surface area contributed by atoms with Gasteiger partial charge in [-0.2, -0.15) is 0 Å². The molecule has 6 nitrogen and oxygen atoms in total. The van der Waals surface area contributed by atoms with Gasteiger partial charge in [0.05, 0.1) is 18.0 Å². The molecule has 0 fully saturated rings. The van der Waals surface area contributed by atoms with Gasteiger partial charge in [0, 0.05) is 6.54 Å². The van der Waals surface area contributed by atoms with E-state index in [0.29, 0.717) is 13.0 Å². The highest BCUT2D eigenvalue weighted by Crippen LogP contribution is 2.35. The summed E-state index contributed by atoms with van der Waals surface area (Å²) in [7, 11) is 0. The summed E-state index contributed by atoms with van der Waals surface area (Å²) in [5, 5.41) is 3.27. The molecule has 154 valence electrons. The van der Waals surface area contributed by atoms with E-state index in [2.05, 4.69) is 5.32 Å². The molecule has 2 aromatic carbocycles. The second-order valence-electron chi connectivity index (χ2n) is 7.81. The first-order valence-corrected chi connectivity index (χ1v) is 9.83. The van der Waals surface area contributed by atoms with E-state index in [0.717, 1.165) is 28.3 Å². The Morgan fingerprint density at radius 3 is 2.48 bits per heavy atom. The number of carbonyl (C=O) groups is 2. The topological polar surface area (TPSA) is 67.9 Å². The van der Waals surface area contributed by atoms with Crippen LogP contribution in [0.2, 0.25) is 0 Å². The van der Waals surface area contributed by atoms with Crippen molar-refractivity contribution < 1.29 is 19.1 Å². The van der Waals surface area contributed by atoms with Crippen molar-refractivity contribution in [2.24, 2.45) is 0 Å². The Hall–Kier alpha value is -3.02. The Morgan fingerprint density at radius 2 is 1.76 bits per heavy atom. The van der Waals surface area contributed by atoms with E-state index in [9.17, 15) is 9.59 Å². The molecule has 1 aliphatic heterocycles. The number of nitrogens with zero attached hydrogens (tertiary/aromatic N) is 1. The Balaban J connectivity index is 1.50. The number of ether oxygens (including phenoxy) is 2. The Kier molecular flexibility index (Phi) is 6.11. The van der Waals surface area contributed by atoms with Gasteiger partial charge < -0.3 is 19.7 Å². The predicted octanol–water partition coefficient (Wildman–Crippen LogP) is 3.85. The monoisotopic (exact) mass is 396 g/mol. The molecule has 29 heavy (non-hydrogen) atoms. The molecular formula is C23H28N2O4. The minimum atomic E-state index is -0.676. The number of rotatable bonds is 7. The molecule has 0 bridgehead atoms. The molecule has 0 aliphatic carbocycles. The lowest BCUT2D eigenvalue weighted by atomic mass is 9.98. The number of carbonyl (C=O) groups excluding carboxylic acids is 2. The van der Waals surface area contributed by atoms with Crippen LogP contribution in [-0.2, 0) is 14.3 Å². The van der Waals surface area contributed by atoms with Gasteiger partial charge in [-0.3, -0.25) is 4.79 Å². The molecule has 1 aliphatic rings. The molecule has 1 amide bonds. The van der Waals surface area contributed by atoms with Crippen molar-refractivity contribution in [1.29, 1.82) is 0 Å². The van der Waals surface area contributed by atoms with Crippen molar-refractivity contribution in [1.82, 2.24) is 0 Å². The van der Waals surface area contributed by atoms with Gasteiger partial charge in [-0.05, 0) is 57.4 Å². The van der Waals surface area contributed by atoms with Crippen molar-refractivity contribution in [2.45, 2.75) is 39.7 Å². The first kappa shape index (κ1) is 20.7. The maximum Gasteiger partial charge on any atom is 0.344 e. The first-order chi connectivity index (χ1) is 13.8. The number of fused-ring (bicyclic) bond motifs is 1. The second kappa shape index (κ2) is 8.55. The lowest BCUT2D eigenvalue weighted by Gasteiger charge is -2.39. The second-order valence-corrected chi connectivity index (χ2v) is 7.81. The number of hydrogen-bond donors (Lipinski definition) is 1. The number of nitrogens with one attached hydrogen (secondary N) is 1. The third-order valence-corrected chi connectivity index (χ3v) is 4.95. The average molecular weight is 396 g/mol. The number of esters is 1. The number of amides is 1. The Morgan fingerprint density at radius 1 is 1.07 bits per heavy atom. The van der Waals surface area contributed by atoms with Crippen molar-refractivity contribution in [3.8, 4) is 5.75 Å². The van der Waals surface area contributed by atoms with Crippen LogP contribution in [0.25, 0.3) is 0 Å². The van der Waals surface area contributed by atoms with Gasteiger partial charge in [0.15, 0.2) is 6.61 Å². The molecule has 0 spiro atoms. The van der Waals surface area contributed by atoms with Gasteiger partial charge in [-0.1, -0.05) is 30.3 Å². The standard InChI is InChI=1S/C23H28N2O4/c1-16-9-7-10-17(2)21(16)29-15-20(26)28-14-8-13-25-19-12-6-5-11-18(19)24-23(3,4)22(25)27/h5-7,9-12,24H,8,13-15H2,1-4H3. The SMILES string of the molecule is Cc1cccc(C)c1OCC(=O)OCCCN1C(=O)C(C)(C)Nc2ccccc21. The van der Waals surface area contributed by atoms with E-state index in [-0.39, 0.29) is 19.1 Å². The number of aryl methyl sites for hydroxylation is 2. The fourth-order valence-electron chi connectivity index (χ4n) is 3.48. The molecule has 0 saturated heterocycles. The molecule has 0 aromatic heterocycles.